The molecule has 0 amide bonds. The molecule has 0 saturated heterocycles. The van der Waals surface area contributed by atoms with Gasteiger partial charge in [-0.1, -0.05) is 121 Å². The molecule has 38 heavy (non-hydrogen) atoms. The predicted molar refractivity (Wildman–Crippen MR) is 148 cm³/mol. The van der Waals surface area contributed by atoms with Crippen molar-refractivity contribution in [3.05, 3.63) is 144 Å². The van der Waals surface area contributed by atoms with E-state index in [1.165, 1.54) is 4.67 Å². The highest BCUT2D eigenvalue weighted by molar-refractivity contribution is 7.51. The SMILES string of the molecule is NP(=O)(OCc1ccccc1)OCc1ccccc1.O=P(O)(O)N(Cc1ccccc1)Cc1ccccc1. The fourth-order valence-electron chi connectivity index (χ4n) is 3.34. The van der Waals surface area contributed by atoms with Gasteiger partial charge in [-0.05, 0) is 22.3 Å². The minimum absolute atomic E-state index is 0.170. The van der Waals surface area contributed by atoms with Gasteiger partial charge in [-0.3, -0.25) is 9.05 Å². The highest BCUT2D eigenvalue weighted by Crippen LogP contribution is 2.42. The minimum Gasteiger partial charge on any atom is -0.312 e. The third-order valence-corrected chi connectivity index (χ3v) is 7.29. The largest absolute Gasteiger partial charge is 0.403 e. The fourth-order valence-corrected chi connectivity index (χ4v) is 4.77. The van der Waals surface area contributed by atoms with Crippen molar-refractivity contribution in [2.24, 2.45) is 5.50 Å². The van der Waals surface area contributed by atoms with E-state index in [2.05, 4.69) is 0 Å². The molecule has 10 heteroatoms. The van der Waals surface area contributed by atoms with E-state index in [1.807, 2.05) is 121 Å². The fraction of sp³-hybridized carbons (Fsp3) is 0.143. The molecular formula is C28H32N2O6P2. The molecule has 4 aromatic carbocycles. The number of rotatable bonds is 11. The molecule has 0 aromatic heterocycles. The van der Waals surface area contributed by atoms with E-state index in [0.29, 0.717) is 0 Å². The summed E-state index contributed by atoms with van der Waals surface area (Å²) in [5.41, 5.74) is 9.08. The molecule has 0 fully saturated rings. The van der Waals surface area contributed by atoms with E-state index in [0.717, 1.165) is 22.3 Å². The number of nitrogens with zero attached hydrogens (tertiary/aromatic N) is 1. The summed E-state index contributed by atoms with van der Waals surface area (Å²) in [5.74, 6) is 0. The highest BCUT2D eigenvalue weighted by Gasteiger charge is 2.25. The summed E-state index contributed by atoms with van der Waals surface area (Å²) in [7, 11) is -7.80. The van der Waals surface area contributed by atoms with Crippen LogP contribution in [0.15, 0.2) is 121 Å². The van der Waals surface area contributed by atoms with Gasteiger partial charge < -0.3 is 9.79 Å². The van der Waals surface area contributed by atoms with Gasteiger partial charge in [-0.25, -0.2) is 19.3 Å². The molecule has 8 nitrogen and oxygen atoms in total. The van der Waals surface area contributed by atoms with E-state index in [1.54, 1.807) is 0 Å². The molecule has 0 bridgehead atoms. The third-order valence-electron chi connectivity index (χ3n) is 5.29. The van der Waals surface area contributed by atoms with E-state index >= 15 is 0 Å². The molecular weight excluding hydrogens is 522 g/mol. The summed E-state index contributed by atoms with van der Waals surface area (Å²) in [6.07, 6.45) is 0. The Morgan fingerprint density at radius 2 is 0.842 bits per heavy atom. The lowest BCUT2D eigenvalue weighted by atomic mass is 10.2. The van der Waals surface area contributed by atoms with E-state index in [9.17, 15) is 18.9 Å². The van der Waals surface area contributed by atoms with Crippen LogP contribution in [0.25, 0.3) is 0 Å². The number of hydrogen-bond acceptors (Lipinski definition) is 4. The molecule has 0 radical (unpaired) electrons. The van der Waals surface area contributed by atoms with E-state index < -0.39 is 15.5 Å². The van der Waals surface area contributed by atoms with Crippen LogP contribution in [-0.2, 0) is 44.5 Å². The highest BCUT2D eigenvalue weighted by atomic mass is 31.2. The van der Waals surface area contributed by atoms with Gasteiger partial charge in [0.25, 0.3) is 0 Å². The Bertz CT molecular complexity index is 1210. The lowest BCUT2D eigenvalue weighted by Gasteiger charge is -2.23. The maximum Gasteiger partial charge on any atom is 0.403 e. The standard InChI is InChI=1S/2C14H16NO3P/c15-19(16,17-11-13-7-3-1-4-8-13)18-12-14-9-5-2-6-10-14;16-19(17,18)15(11-13-7-3-1-4-8-13)12-14-9-5-2-6-10-14/h1-10H,11-12H2,(H2,15,16);1-10H,11-12H2,(H2,16,17,18). The average molecular weight is 555 g/mol. The molecule has 4 aromatic rings. The summed E-state index contributed by atoms with van der Waals surface area (Å²) in [4.78, 5) is 18.9. The summed E-state index contributed by atoms with van der Waals surface area (Å²) >= 11 is 0. The van der Waals surface area contributed by atoms with Crippen LogP contribution in [0, 0.1) is 0 Å². The van der Waals surface area contributed by atoms with Crippen molar-refractivity contribution in [3.8, 4) is 0 Å². The first kappa shape index (κ1) is 29.7. The van der Waals surface area contributed by atoms with Crippen LogP contribution < -0.4 is 5.50 Å². The van der Waals surface area contributed by atoms with Crippen molar-refractivity contribution in [1.29, 1.82) is 0 Å². The smallest absolute Gasteiger partial charge is 0.312 e. The normalized spacial score (nSPS) is 11.6. The van der Waals surface area contributed by atoms with Gasteiger partial charge in [-0.15, -0.1) is 0 Å². The minimum atomic E-state index is -4.27. The number of nitrogens with two attached hydrogens (primary N) is 1. The Hall–Kier alpha value is -2.90. The van der Waals surface area contributed by atoms with Crippen LogP contribution in [0.5, 0.6) is 0 Å². The molecule has 0 unspecified atom stereocenters. The van der Waals surface area contributed by atoms with Crippen molar-refractivity contribution in [2.45, 2.75) is 26.3 Å². The number of benzene rings is 4. The first-order chi connectivity index (χ1) is 18.2. The summed E-state index contributed by atoms with van der Waals surface area (Å²) in [6.45, 7) is 0.785. The molecule has 0 aliphatic rings. The molecule has 0 aliphatic carbocycles. The average Bonchev–Trinajstić information content (AvgIpc) is 2.93. The predicted octanol–water partition coefficient (Wildman–Crippen LogP) is 6.27. The first-order valence-electron chi connectivity index (χ1n) is 11.9. The van der Waals surface area contributed by atoms with Gasteiger partial charge in [0.05, 0.1) is 13.2 Å². The molecule has 200 valence electrons. The van der Waals surface area contributed by atoms with Crippen LogP contribution in [-0.4, -0.2) is 14.5 Å². The van der Waals surface area contributed by atoms with Gasteiger partial charge in [0, 0.05) is 13.1 Å². The topological polar surface area (TPSA) is 122 Å². The first-order valence-corrected chi connectivity index (χ1v) is 15.0. The van der Waals surface area contributed by atoms with E-state index in [4.69, 9.17) is 14.6 Å². The Morgan fingerprint density at radius 3 is 1.13 bits per heavy atom. The zero-order valence-electron chi connectivity index (χ0n) is 20.8. The van der Waals surface area contributed by atoms with Gasteiger partial charge in [-0.2, -0.15) is 0 Å². The maximum atomic E-state index is 11.9. The maximum absolute atomic E-state index is 11.9. The zero-order valence-corrected chi connectivity index (χ0v) is 22.6. The van der Waals surface area contributed by atoms with Crippen molar-refractivity contribution < 1.29 is 28.0 Å². The molecule has 0 aliphatic heterocycles. The van der Waals surface area contributed by atoms with Crippen LogP contribution in [0.1, 0.15) is 22.3 Å². The Labute approximate surface area is 223 Å². The molecule has 0 atom stereocenters. The molecule has 0 spiro atoms. The van der Waals surface area contributed by atoms with Gasteiger partial charge in [0.15, 0.2) is 0 Å². The molecule has 4 rings (SSSR count). The lowest BCUT2D eigenvalue weighted by molar-refractivity contribution is 0.191. The Balaban J connectivity index is 0.000000211. The van der Waals surface area contributed by atoms with E-state index in [-0.39, 0.29) is 26.3 Å². The van der Waals surface area contributed by atoms with Gasteiger partial charge in [0.1, 0.15) is 0 Å². The molecule has 0 saturated carbocycles. The van der Waals surface area contributed by atoms with Crippen LogP contribution in [0.2, 0.25) is 0 Å². The van der Waals surface area contributed by atoms with Crippen molar-refractivity contribution in [3.63, 3.8) is 0 Å². The Kier molecular flexibility index (Phi) is 11.6. The van der Waals surface area contributed by atoms with Crippen molar-refractivity contribution in [2.75, 3.05) is 0 Å². The molecule has 0 heterocycles. The lowest BCUT2D eigenvalue weighted by Crippen LogP contribution is -2.19. The monoisotopic (exact) mass is 554 g/mol. The summed E-state index contributed by atoms with van der Waals surface area (Å²) in [6, 6.07) is 37.4. The quantitative estimate of drug-likeness (QED) is 0.186. The second-order valence-corrected chi connectivity index (χ2v) is 11.6. The Morgan fingerprint density at radius 1 is 0.553 bits per heavy atom. The van der Waals surface area contributed by atoms with Crippen molar-refractivity contribution >= 4 is 15.5 Å². The van der Waals surface area contributed by atoms with Crippen LogP contribution in [0.3, 0.4) is 0 Å². The van der Waals surface area contributed by atoms with Gasteiger partial charge >= 0.3 is 15.5 Å². The summed E-state index contributed by atoms with van der Waals surface area (Å²) in [5, 5.41) is 0. The van der Waals surface area contributed by atoms with Crippen LogP contribution in [0.4, 0.5) is 0 Å². The third kappa shape index (κ3) is 11.2. The zero-order chi connectivity index (χ0) is 27.3. The second-order valence-electron chi connectivity index (χ2n) is 8.37. The number of hydrogen-bond donors (Lipinski definition) is 3. The van der Waals surface area contributed by atoms with Gasteiger partial charge in [0.2, 0.25) is 0 Å². The van der Waals surface area contributed by atoms with Crippen molar-refractivity contribution in [1.82, 2.24) is 4.67 Å². The van der Waals surface area contributed by atoms with Crippen LogP contribution >= 0.6 is 15.5 Å². The molecule has 4 N–H and O–H groups in total. The second kappa shape index (κ2) is 14.9. The summed E-state index contributed by atoms with van der Waals surface area (Å²) < 4.78 is 34.9.